The number of carbonyl (C=O) groups is 1. The van der Waals surface area contributed by atoms with Gasteiger partial charge in [0.25, 0.3) is 0 Å². The van der Waals surface area contributed by atoms with Gasteiger partial charge in [0.1, 0.15) is 11.5 Å². The molecule has 0 saturated heterocycles. The van der Waals surface area contributed by atoms with Crippen molar-refractivity contribution in [3.63, 3.8) is 0 Å². The van der Waals surface area contributed by atoms with Crippen LogP contribution in [0.15, 0.2) is 60.7 Å². The van der Waals surface area contributed by atoms with Crippen LogP contribution in [0.1, 0.15) is 37.8 Å². The molecule has 32 heavy (non-hydrogen) atoms. The van der Waals surface area contributed by atoms with Gasteiger partial charge in [-0.1, -0.05) is 50.3 Å². The van der Waals surface area contributed by atoms with Gasteiger partial charge in [0.15, 0.2) is 5.78 Å². The number of carbonyl (C=O) groups excluding carboxylic acids is 1. The summed E-state index contributed by atoms with van der Waals surface area (Å²) in [7, 11) is -7.28. The van der Waals surface area contributed by atoms with E-state index in [4.69, 9.17) is 8.37 Å². The van der Waals surface area contributed by atoms with E-state index >= 15 is 0 Å². The zero-order valence-corrected chi connectivity index (χ0v) is 19.6. The van der Waals surface area contributed by atoms with E-state index < -0.39 is 20.2 Å². The highest BCUT2D eigenvalue weighted by atomic mass is 32.2. The Morgan fingerprint density at radius 2 is 1.16 bits per heavy atom. The van der Waals surface area contributed by atoms with Crippen LogP contribution in [0.4, 0.5) is 0 Å². The van der Waals surface area contributed by atoms with Crippen LogP contribution in [0.2, 0.25) is 0 Å². The minimum atomic E-state index is -3.64. The van der Waals surface area contributed by atoms with Crippen LogP contribution in [0, 0.1) is 0 Å². The lowest BCUT2D eigenvalue weighted by Crippen LogP contribution is -2.13. The minimum absolute atomic E-state index is 0.0763. The van der Waals surface area contributed by atoms with E-state index in [2.05, 4.69) is 0 Å². The van der Waals surface area contributed by atoms with Crippen LogP contribution in [-0.2, 0) is 25.0 Å². The summed E-state index contributed by atoms with van der Waals surface area (Å²) in [5, 5.41) is 0. The lowest BCUT2D eigenvalue weighted by molar-refractivity contribution is -0.110. The molecule has 2 aromatic rings. The molecule has 0 N–H and O–H groups in total. The van der Waals surface area contributed by atoms with Crippen molar-refractivity contribution in [1.29, 1.82) is 0 Å². The lowest BCUT2D eigenvalue weighted by atomic mass is 10.1. The second-order valence-electron chi connectivity index (χ2n) is 6.90. The van der Waals surface area contributed by atoms with Crippen LogP contribution in [0.25, 0.3) is 12.2 Å². The van der Waals surface area contributed by atoms with Gasteiger partial charge >= 0.3 is 20.2 Å². The second-order valence-corrected chi connectivity index (χ2v) is 10.3. The molecule has 2 rings (SSSR count). The Morgan fingerprint density at radius 3 is 1.53 bits per heavy atom. The topological polar surface area (TPSA) is 104 Å². The fourth-order valence-electron chi connectivity index (χ4n) is 2.63. The third-order valence-electron chi connectivity index (χ3n) is 3.95. The van der Waals surface area contributed by atoms with Gasteiger partial charge < -0.3 is 8.37 Å². The molecule has 2 aromatic carbocycles. The van der Waals surface area contributed by atoms with Crippen LogP contribution in [0.5, 0.6) is 11.5 Å². The zero-order valence-electron chi connectivity index (χ0n) is 17.9. The molecule has 0 aliphatic heterocycles. The van der Waals surface area contributed by atoms with E-state index in [0.717, 1.165) is 0 Å². The average Bonchev–Trinajstić information content (AvgIpc) is 2.70. The van der Waals surface area contributed by atoms with Crippen molar-refractivity contribution >= 4 is 38.2 Å². The maximum absolute atomic E-state index is 12.2. The molecule has 0 spiro atoms. The van der Waals surface area contributed by atoms with Gasteiger partial charge in [-0.3, -0.25) is 4.79 Å². The molecule has 0 unspecified atom stereocenters. The van der Waals surface area contributed by atoms with Crippen LogP contribution < -0.4 is 8.37 Å². The van der Waals surface area contributed by atoms with Crippen molar-refractivity contribution < 1.29 is 30.0 Å². The quantitative estimate of drug-likeness (QED) is 0.332. The maximum Gasteiger partial charge on any atom is 0.309 e. The lowest BCUT2D eigenvalue weighted by Gasteiger charge is -2.06. The summed E-state index contributed by atoms with van der Waals surface area (Å²) in [4.78, 5) is 12.2. The Hall–Kier alpha value is -2.91. The standard InChI is InChI=1S/C23H26O7S2/c1-3-15-31(25,26)29-22-9-5-7-19(17-22)11-13-21(24)14-12-20-8-6-10-23(18-20)30-32(27,28)16-4-2/h5-14,17-18H,3-4,15-16H2,1-2H3/b13-11+,14-12+. The molecule has 172 valence electrons. The van der Waals surface area contributed by atoms with Crippen molar-refractivity contribution in [3.05, 3.63) is 71.8 Å². The number of hydrogen-bond donors (Lipinski definition) is 0. The summed E-state index contributed by atoms with van der Waals surface area (Å²) in [6, 6.07) is 12.8. The molecule has 0 aliphatic rings. The van der Waals surface area contributed by atoms with Crippen molar-refractivity contribution in [2.45, 2.75) is 26.7 Å². The van der Waals surface area contributed by atoms with Gasteiger partial charge in [0, 0.05) is 0 Å². The van der Waals surface area contributed by atoms with Crippen molar-refractivity contribution in [3.8, 4) is 11.5 Å². The van der Waals surface area contributed by atoms with Gasteiger partial charge in [-0.15, -0.1) is 0 Å². The Morgan fingerprint density at radius 1 is 0.750 bits per heavy atom. The summed E-state index contributed by atoms with van der Waals surface area (Å²) < 4.78 is 57.2. The second kappa shape index (κ2) is 11.6. The molecule has 0 radical (unpaired) electrons. The first-order valence-corrected chi connectivity index (χ1v) is 13.2. The van der Waals surface area contributed by atoms with Gasteiger partial charge in [-0.05, 0) is 60.4 Å². The maximum atomic E-state index is 12.2. The number of ketones is 1. The molecule has 9 heteroatoms. The molecule has 0 bridgehead atoms. The first-order valence-electron chi connectivity index (χ1n) is 10.1. The summed E-state index contributed by atoms with van der Waals surface area (Å²) >= 11 is 0. The molecular formula is C23H26O7S2. The molecule has 0 aromatic heterocycles. The van der Waals surface area contributed by atoms with Gasteiger partial charge in [-0.2, -0.15) is 16.8 Å². The highest BCUT2D eigenvalue weighted by Gasteiger charge is 2.12. The van der Waals surface area contributed by atoms with Crippen LogP contribution in [0.3, 0.4) is 0 Å². The molecule has 0 heterocycles. The molecule has 0 aliphatic carbocycles. The van der Waals surface area contributed by atoms with Gasteiger partial charge in [-0.25, -0.2) is 0 Å². The van der Waals surface area contributed by atoms with E-state index in [9.17, 15) is 21.6 Å². The molecule has 0 fully saturated rings. The third kappa shape index (κ3) is 9.07. The van der Waals surface area contributed by atoms with Crippen molar-refractivity contribution in [2.75, 3.05) is 11.5 Å². The Labute approximate surface area is 189 Å². The van der Waals surface area contributed by atoms with E-state index in [-0.39, 0.29) is 28.8 Å². The summed E-state index contributed by atoms with van der Waals surface area (Å²) in [5.41, 5.74) is 1.21. The van der Waals surface area contributed by atoms with E-state index in [1.54, 1.807) is 50.3 Å². The number of rotatable bonds is 12. The van der Waals surface area contributed by atoms with Crippen molar-refractivity contribution in [1.82, 2.24) is 0 Å². The predicted octanol–water partition coefficient (Wildman–Crippen LogP) is 4.22. The van der Waals surface area contributed by atoms with Gasteiger partial charge in [0.2, 0.25) is 0 Å². The Balaban J connectivity index is 2.04. The first-order chi connectivity index (χ1) is 15.1. The number of hydrogen-bond acceptors (Lipinski definition) is 7. The zero-order chi connectivity index (χ0) is 23.6. The minimum Gasteiger partial charge on any atom is -0.382 e. The van der Waals surface area contributed by atoms with Crippen molar-refractivity contribution in [2.24, 2.45) is 0 Å². The van der Waals surface area contributed by atoms with E-state index in [0.29, 0.717) is 24.0 Å². The fourth-order valence-corrected chi connectivity index (χ4v) is 4.59. The van der Waals surface area contributed by atoms with Gasteiger partial charge in [0.05, 0.1) is 11.5 Å². The Bertz CT molecular complexity index is 1100. The summed E-state index contributed by atoms with van der Waals surface area (Å²) in [6.45, 7) is 3.49. The SMILES string of the molecule is CCCS(=O)(=O)Oc1cccc(/C=C/C(=O)/C=C/c2cccc(OS(=O)(=O)CCC)c2)c1. The first kappa shape index (κ1) is 25.4. The monoisotopic (exact) mass is 478 g/mol. The smallest absolute Gasteiger partial charge is 0.309 e. The normalized spacial score (nSPS) is 12.3. The fraction of sp³-hybridized carbons (Fsp3) is 0.261. The predicted molar refractivity (Wildman–Crippen MR) is 125 cm³/mol. The highest BCUT2D eigenvalue weighted by Crippen LogP contribution is 2.18. The average molecular weight is 479 g/mol. The summed E-state index contributed by atoms with van der Waals surface area (Å²) in [5.74, 6) is -0.100. The number of benzene rings is 2. The molecule has 7 nitrogen and oxygen atoms in total. The third-order valence-corrected chi connectivity index (χ3v) is 6.66. The van der Waals surface area contributed by atoms with Crippen LogP contribution >= 0.6 is 0 Å². The highest BCUT2D eigenvalue weighted by molar-refractivity contribution is 7.87. The number of allylic oxidation sites excluding steroid dienone is 2. The summed E-state index contributed by atoms with van der Waals surface area (Å²) in [6.07, 6.45) is 6.66. The van der Waals surface area contributed by atoms with Crippen LogP contribution in [-0.4, -0.2) is 34.1 Å². The van der Waals surface area contributed by atoms with E-state index in [1.165, 1.54) is 36.4 Å². The van der Waals surface area contributed by atoms with E-state index in [1.807, 2.05) is 0 Å². The molecule has 0 atom stereocenters. The molecular weight excluding hydrogens is 452 g/mol. The molecule has 0 amide bonds. The Kier molecular flexibility index (Phi) is 9.22. The largest absolute Gasteiger partial charge is 0.382 e. The molecule has 0 saturated carbocycles.